The SMILES string of the molecule is Cc1ccc(OCCN(C)C(=O)[C@@H](N)Cc2ccccc2)cc1.Cl. The minimum Gasteiger partial charge on any atom is -0.492 e. The van der Waals surface area contributed by atoms with Gasteiger partial charge in [-0.1, -0.05) is 48.0 Å². The predicted molar refractivity (Wildman–Crippen MR) is 99.7 cm³/mol. The van der Waals surface area contributed by atoms with Crippen LogP contribution in [0.3, 0.4) is 0 Å². The third kappa shape index (κ3) is 6.22. The molecule has 0 aliphatic rings. The number of nitrogens with zero attached hydrogens (tertiary/aromatic N) is 1. The largest absolute Gasteiger partial charge is 0.492 e. The van der Waals surface area contributed by atoms with Crippen LogP contribution in [0.25, 0.3) is 0 Å². The van der Waals surface area contributed by atoms with Gasteiger partial charge in [0.25, 0.3) is 0 Å². The van der Waals surface area contributed by atoms with E-state index in [0.717, 1.165) is 11.3 Å². The van der Waals surface area contributed by atoms with Gasteiger partial charge in [-0.05, 0) is 31.0 Å². The summed E-state index contributed by atoms with van der Waals surface area (Å²) in [5.74, 6) is 0.742. The van der Waals surface area contributed by atoms with E-state index in [9.17, 15) is 4.79 Å². The average Bonchev–Trinajstić information content (AvgIpc) is 2.56. The van der Waals surface area contributed by atoms with Crippen LogP contribution in [0, 0.1) is 6.92 Å². The highest BCUT2D eigenvalue weighted by molar-refractivity contribution is 5.85. The zero-order valence-corrected chi connectivity index (χ0v) is 15.0. The van der Waals surface area contributed by atoms with Gasteiger partial charge in [0.2, 0.25) is 5.91 Å². The summed E-state index contributed by atoms with van der Waals surface area (Å²) in [6, 6.07) is 17.1. The van der Waals surface area contributed by atoms with Crippen molar-refractivity contribution in [1.29, 1.82) is 0 Å². The van der Waals surface area contributed by atoms with Crippen LogP contribution in [-0.2, 0) is 11.2 Å². The summed E-state index contributed by atoms with van der Waals surface area (Å²) in [5.41, 5.74) is 8.28. The van der Waals surface area contributed by atoms with Gasteiger partial charge in [0.15, 0.2) is 0 Å². The fourth-order valence-electron chi connectivity index (χ4n) is 2.28. The normalized spacial score (nSPS) is 11.3. The second kappa shape index (κ2) is 9.96. The Hall–Kier alpha value is -2.04. The Morgan fingerprint density at radius 3 is 2.38 bits per heavy atom. The first kappa shape index (κ1) is 20.0. The summed E-state index contributed by atoms with van der Waals surface area (Å²) in [4.78, 5) is 13.9. The van der Waals surface area contributed by atoms with Gasteiger partial charge >= 0.3 is 0 Å². The molecule has 0 unspecified atom stereocenters. The van der Waals surface area contributed by atoms with Crippen molar-refractivity contribution < 1.29 is 9.53 Å². The average molecular weight is 349 g/mol. The van der Waals surface area contributed by atoms with Gasteiger partial charge in [0.05, 0.1) is 12.6 Å². The first-order valence-electron chi connectivity index (χ1n) is 7.80. The molecule has 0 saturated heterocycles. The van der Waals surface area contributed by atoms with E-state index in [2.05, 4.69) is 0 Å². The summed E-state index contributed by atoms with van der Waals surface area (Å²) in [6.07, 6.45) is 0.544. The monoisotopic (exact) mass is 348 g/mol. The molecule has 4 nitrogen and oxygen atoms in total. The molecule has 0 fully saturated rings. The third-order valence-corrected chi connectivity index (χ3v) is 3.71. The summed E-state index contributed by atoms with van der Waals surface area (Å²) >= 11 is 0. The van der Waals surface area contributed by atoms with E-state index in [0.29, 0.717) is 19.6 Å². The lowest BCUT2D eigenvalue weighted by atomic mass is 10.1. The lowest BCUT2D eigenvalue weighted by molar-refractivity contribution is -0.131. The Balaban J connectivity index is 0.00000288. The highest BCUT2D eigenvalue weighted by Gasteiger charge is 2.18. The summed E-state index contributed by atoms with van der Waals surface area (Å²) in [7, 11) is 1.76. The van der Waals surface area contributed by atoms with Crippen molar-refractivity contribution in [3.05, 3.63) is 65.7 Å². The van der Waals surface area contributed by atoms with Crippen LogP contribution in [-0.4, -0.2) is 37.0 Å². The number of nitrogens with two attached hydrogens (primary N) is 1. The van der Waals surface area contributed by atoms with Crippen LogP contribution in [0.2, 0.25) is 0 Å². The molecule has 2 rings (SSSR count). The number of amides is 1. The molecule has 2 aromatic rings. The molecule has 24 heavy (non-hydrogen) atoms. The minimum atomic E-state index is -0.526. The van der Waals surface area contributed by atoms with Crippen LogP contribution in [0.1, 0.15) is 11.1 Å². The molecule has 0 heterocycles. The molecule has 0 aromatic heterocycles. The van der Waals surface area contributed by atoms with Crippen molar-refractivity contribution in [3.8, 4) is 5.75 Å². The Labute approximate surface area is 150 Å². The fraction of sp³-hybridized carbons (Fsp3) is 0.316. The second-order valence-corrected chi connectivity index (χ2v) is 5.72. The van der Waals surface area contributed by atoms with Crippen LogP contribution in [0.5, 0.6) is 5.75 Å². The molecule has 0 bridgehead atoms. The third-order valence-electron chi connectivity index (χ3n) is 3.71. The lowest BCUT2D eigenvalue weighted by Crippen LogP contribution is -2.44. The van der Waals surface area contributed by atoms with Crippen LogP contribution in [0.4, 0.5) is 0 Å². The summed E-state index contributed by atoms with van der Waals surface area (Å²) < 4.78 is 5.65. The van der Waals surface area contributed by atoms with Gasteiger partial charge in [-0.15, -0.1) is 12.4 Å². The van der Waals surface area contributed by atoms with Crippen LogP contribution in [0.15, 0.2) is 54.6 Å². The second-order valence-electron chi connectivity index (χ2n) is 5.72. The maximum atomic E-state index is 12.3. The smallest absolute Gasteiger partial charge is 0.239 e. The molecule has 2 N–H and O–H groups in total. The molecule has 0 aliphatic carbocycles. The molecule has 0 spiro atoms. The van der Waals surface area contributed by atoms with Gasteiger partial charge in [-0.2, -0.15) is 0 Å². The van der Waals surface area contributed by atoms with Crippen molar-refractivity contribution in [2.24, 2.45) is 5.73 Å². The molecule has 5 heteroatoms. The topological polar surface area (TPSA) is 55.6 Å². The lowest BCUT2D eigenvalue weighted by Gasteiger charge is -2.21. The van der Waals surface area contributed by atoms with Gasteiger partial charge in [-0.25, -0.2) is 0 Å². The predicted octanol–water partition coefficient (Wildman–Crippen LogP) is 2.82. The zero-order valence-electron chi connectivity index (χ0n) is 14.1. The first-order chi connectivity index (χ1) is 11.1. The maximum absolute atomic E-state index is 12.3. The number of hydrogen-bond donors (Lipinski definition) is 1. The fourth-order valence-corrected chi connectivity index (χ4v) is 2.28. The minimum absolute atomic E-state index is 0. The van der Waals surface area contributed by atoms with Crippen molar-refractivity contribution in [2.45, 2.75) is 19.4 Å². The van der Waals surface area contributed by atoms with Gasteiger partial charge in [0, 0.05) is 7.05 Å². The van der Waals surface area contributed by atoms with E-state index in [1.807, 2.05) is 61.5 Å². The molecule has 2 aromatic carbocycles. The molecule has 130 valence electrons. The Morgan fingerprint density at radius 2 is 1.75 bits per heavy atom. The maximum Gasteiger partial charge on any atom is 0.239 e. The molecule has 0 aliphatic heterocycles. The summed E-state index contributed by atoms with van der Waals surface area (Å²) in [6.45, 7) is 2.99. The Kier molecular flexibility index (Phi) is 8.30. The molecular formula is C19H25ClN2O2. The van der Waals surface area contributed by atoms with Gasteiger partial charge < -0.3 is 15.4 Å². The van der Waals surface area contributed by atoms with E-state index in [1.165, 1.54) is 5.56 Å². The number of carbonyl (C=O) groups is 1. The number of ether oxygens (including phenoxy) is 1. The van der Waals surface area contributed by atoms with Gasteiger partial charge in [-0.3, -0.25) is 4.79 Å². The highest BCUT2D eigenvalue weighted by atomic mass is 35.5. The quantitative estimate of drug-likeness (QED) is 0.837. The molecule has 0 saturated carbocycles. The Morgan fingerprint density at radius 1 is 1.12 bits per heavy atom. The Bertz CT molecular complexity index is 617. The van der Waals surface area contributed by atoms with E-state index >= 15 is 0 Å². The zero-order chi connectivity index (χ0) is 16.7. The van der Waals surface area contributed by atoms with Crippen LogP contribution < -0.4 is 10.5 Å². The molecule has 0 radical (unpaired) electrons. The highest BCUT2D eigenvalue weighted by Crippen LogP contribution is 2.11. The number of benzene rings is 2. The number of halogens is 1. The number of rotatable bonds is 7. The van der Waals surface area contributed by atoms with Crippen molar-refractivity contribution >= 4 is 18.3 Å². The van der Waals surface area contributed by atoms with Crippen LogP contribution >= 0.6 is 12.4 Å². The summed E-state index contributed by atoms with van der Waals surface area (Å²) in [5, 5.41) is 0. The van der Waals surface area contributed by atoms with Crippen molar-refractivity contribution in [3.63, 3.8) is 0 Å². The van der Waals surface area contributed by atoms with Crippen molar-refractivity contribution in [2.75, 3.05) is 20.2 Å². The van der Waals surface area contributed by atoms with E-state index in [-0.39, 0.29) is 18.3 Å². The van der Waals surface area contributed by atoms with E-state index in [1.54, 1.807) is 11.9 Å². The standard InChI is InChI=1S/C19H24N2O2.ClH/c1-15-8-10-17(11-9-15)23-13-12-21(2)19(22)18(20)14-16-6-4-3-5-7-16;/h3-11,18H,12-14,20H2,1-2H3;1H/t18-;/m0./s1. The van der Waals surface area contributed by atoms with E-state index < -0.39 is 6.04 Å². The molecule has 1 atom stereocenters. The first-order valence-corrected chi connectivity index (χ1v) is 7.80. The van der Waals surface area contributed by atoms with Crippen molar-refractivity contribution in [1.82, 2.24) is 4.90 Å². The molecular weight excluding hydrogens is 324 g/mol. The van der Waals surface area contributed by atoms with E-state index in [4.69, 9.17) is 10.5 Å². The van der Waals surface area contributed by atoms with Gasteiger partial charge in [0.1, 0.15) is 12.4 Å². The number of likely N-dealkylation sites (N-methyl/N-ethyl adjacent to an activating group) is 1. The number of aryl methyl sites for hydroxylation is 1. The number of hydrogen-bond acceptors (Lipinski definition) is 3. The number of carbonyl (C=O) groups excluding carboxylic acids is 1. The molecule has 1 amide bonds.